The number of hydrogen-bond acceptors (Lipinski definition) is 2. The van der Waals surface area contributed by atoms with Crippen molar-refractivity contribution in [2.45, 2.75) is 25.4 Å². The Hall–Kier alpha value is -2.82. The summed E-state index contributed by atoms with van der Waals surface area (Å²) in [6, 6.07) is 16.3. The lowest BCUT2D eigenvalue weighted by Gasteiger charge is -2.33. The molecule has 3 heterocycles. The van der Waals surface area contributed by atoms with Crippen LogP contribution in [-0.4, -0.2) is 38.2 Å². The first kappa shape index (κ1) is 15.7. The van der Waals surface area contributed by atoms with Gasteiger partial charge in [-0.3, -0.25) is 9.48 Å². The molecule has 0 spiro atoms. The number of rotatable bonds is 4. The van der Waals surface area contributed by atoms with Gasteiger partial charge in [0, 0.05) is 38.2 Å². The van der Waals surface area contributed by atoms with Crippen molar-refractivity contribution in [1.82, 2.24) is 19.2 Å². The van der Waals surface area contributed by atoms with Crippen LogP contribution in [-0.2, 0) is 6.54 Å². The molecule has 1 amide bonds. The lowest BCUT2D eigenvalue weighted by molar-refractivity contribution is 0.0662. The number of piperidine rings is 1. The maximum absolute atomic E-state index is 13.1. The van der Waals surface area contributed by atoms with E-state index in [0.29, 0.717) is 6.54 Å². The average Bonchev–Trinajstić information content (AvgIpc) is 3.34. The second-order valence-corrected chi connectivity index (χ2v) is 6.54. The zero-order valence-corrected chi connectivity index (χ0v) is 14.2. The molecule has 0 saturated carbocycles. The molecule has 1 fully saturated rings. The summed E-state index contributed by atoms with van der Waals surface area (Å²) in [5, 5.41) is 4.34. The minimum atomic E-state index is 0.109. The third-order valence-corrected chi connectivity index (χ3v) is 4.83. The summed E-state index contributed by atoms with van der Waals surface area (Å²) in [5.74, 6) is 0.109. The van der Waals surface area contributed by atoms with E-state index in [9.17, 15) is 4.79 Å². The van der Waals surface area contributed by atoms with Gasteiger partial charge in [0.1, 0.15) is 5.69 Å². The van der Waals surface area contributed by atoms with Crippen LogP contribution in [0.2, 0.25) is 0 Å². The van der Waals surface area contributed by atoms with Crippen LogP contribution in [0.15, 0.2) is 67.1 Å². The first-order valence-corrected chi connectivity index (χ1v) is 8.79. The van der Waals surface area contributed by atoms with Gasteiger partial charge in [0.25, 0.3) is 5.91 Å². The molecule has 0 bridgehead atoms. The summed E-state index contributed by atoms with van der Waals surface area (Å²) in [7, 11) is 0. The minimum absolute atomic E-state index is 0.109. The molecule has 3 aromatic rings. The fourth-order valence-electron chi connectivity index (χ4n) is 3.54. The molecule has 128 valence electrons. The minimum Gasteiger partial charge on any atom is -0.339 e. The quantitative estimate of drug-likeness (QED) is 0.735. The van der Waals surface area contributed by atoms with E-state index in [4.69, 9.17) is 0 Å². The van der Waals surface area contributed by atoms with Crippen LogP contribution in [0.3, 0.4) is 0 Å². The lowest BCUT2D eigenvalue weighted by Crippen LogP contribution is -2.41. The van der Waals surface area contributed by atoms with E-state index in [-0.39, 0.29) is 11.9 Å². The molecule has 1 saturated heterocycles. The molecular weight excluding hydrogens is 312 g/mol. The largest absolute Gasteiger partial charge is 0.339 e. The Kier molecular flexibility index (Phi) is 4.37. The van der Waals surface area contributed by atoms with Crippen LogP contribution in [0.1, 0.15) is 34.9 Å². The van der Waals surface area contributed by atoms with Gasteiger partial charge in [-0.1, -0.05) is 30.3 Å². The van der Waals surface area contributed by atoms with Crippen molar-refractivity contribution in [2.75, 3.05) is 13.1 Å². The first-order valence-electron chi connectivity index (χ1n) is 8.79. The second kappa shape index (κ2) is 6.97. The predicted molar refractivity (Wildman–Crippen MR) is 96.4 cm³/mol. The van der Waals surface area contributed by atoms with Gasteiger partial charge < -0.3 is 9.47 Å². The van der Waals surface area contributed by atoms with Crippen molar-refractivity contribution in [3.63, 3.8) is 0 Å². The molecule has 25 heavy (non-hydrogen) atoms. The van der Waals surface area contributed by atoms with Crippen LogP contribution in [0, 0.1) is 0 Å². The van der Waals surface area contributed by atoms with Crippen LogP contribution >= 0.6 is 0 Å². The molecule has 4 rings (SSSR count). The summed E-state index contributed by atoms with van der Waals surface area (Å²) in [6.45, 7) is 2.25. The number of benzene rings is 1. The van der Waals surface area contributed by atoms with E-state index in [2.05, 4.69) is 17.2 Å². The zero-order chi connectivity index (χ0) is 17.1. The van der Waals surface area contributed by atoms with Gasteiger partial charge in [-0.05, 0) is 36.6 Å². The van der Waals surface area contributed by atoms with Crippen molar-refractivity contribution >= 4 is 5.91 Å². The van der Waals surface area contributed by atoms with Gasteiger partial charge in [0.2, 0.25) is 0 Å². The highest BCUT2D eigenvalue weighted by atomic mass is 16.2. The third kappa shape index (κ3) is 3.36. The van der Waals surface area contributed by atoms with Crippen molar-refractivity contribution in [2.24, 2.45) is 0 Å². The van der Waals surface area contributed by atoms with Crippen molar-refractivity contribution in [1.29, 1.82) is 0 Å². The summed E-state index contributed by atoms with van der Waals surface area (Å²) < 4.78 is 4.01. The fourth-order valence-corrected chi connectivity index (χ4v) is 3.54. The van der Waals surface area contributed by atoms with Crippen molar-refractivity contribution in [3.05, 3.63) is 78.4 Å². The number of carbonyl (C=O) groups is 1. The van der Waals surface area contributed by atoms with Crippen LogP contribution in [0.25, 0.3) is 0 Å². The Labute approximate surface area is 147 Å². The third-order valence-electron chi connectivity index (χ3n) is 4.83. The predicted octanol–water partition coefficient (Wildman–Crippen LogP) is 3.21. The highest BCUT2D eigenvalue weighted by Crippen LogP contribution is 2.22. The van der Waals surface area contributed by atoms with Crippen LogP contribution in [0.4, 0.5) is 0 Å². The van der Waals surface area contributed by atoms with E-state index < -0.39 is 0 Å². The Morgan fingerprint density at radius 2 is 1.96 bits per heavy atom. The van der Waals surface area contributed by atoms with Crippen LogP contribution in [0.5, 0.6) is 0 Å². The van der Waals surface area contributed by atoms with E-state index in [1.807, 2.05) is 62.9 Å². The topological polar surface area (TPSA) is 43.1 Å². The van der Waals surface area contributed by atoms with E-state index in [1.165, 1.54) is 5.56 Å². The van der Waals surface area contributed by atoms with Crippen LogP contribution < -0.4 is 0 Å². The molecular formula is C20H22N4O. The van der Waals surface area contributed by atoms with Gasteiger partial charge in [0.05, 0.1) is 6.04 Å². The molecule has 0 aliphatic carbocycles. The molecule has 1 aliphatic heterocycles. The maximum atomic E-state index is 13.1. The normalized spacial score (nSPS) is 17.6. The molecule has 0 radical (unpaired) electrons. The molecule has 5 nitrogen and oxygen atoms in total. The Morgan fingerprint density at radius 1 is 1.08 bits per heavy atom. The summed E-state index contributed by atoms with van der Waals surface area (Å²) in [6.07, 6.45) is 7.84. The Morgan fingerprint density at radius 3 is 2.76 bits per heavy atom. The number of aromatic nitrogens is 3. The Bertz CT molecular complexity index is 823. The summed E-state index contributed by atoms with van der Waals surface area (Å²) >= 11 is 0. The average molecular weight is 334 g/mol. The molecule has 1 atom stereocenters. The molecule has 2 aromatic heterocycles. The fraction of sp³-hybridized carbons (Fsp3) is 0.300. The maximum Gasteiger partial charge on any atom is 0.270 e. The van der Waals surface area contributed by atoms with Gasteiger partial charge in [-0.25, -0.2) is 0 Å². The van der Waals surface area contributed by atoms with Crippen molar-refractivity contribution in [3.8, 4) is 0 Å². The standard InChI is InChI=1S/C20H22N4O/c25-20(23-13-4-9-18(16-23)24-14-6-11-21-24)19-10-5-12-22(19)15-17-7-2-1-3-8-17/h1-3,5-8,10-12,14,18H,4,9,13,15-16H2/t18-/m0/s1. The molecule has 0 N–H and O–H groups in total. The van der Waals surface area contributed by atoms with Gasteiger partial charge >= 0.3 is 0 Å². The summed E-state index contributed by atoms with van der Waals surface area (Å²) in [5.41, 5.74) is 1.95. The summed E-state index contributed by atoms with van der Waals surface area (Å²) in [4.78, 5) is 15.0. The molecule has 1 aromatic carbocycles. The van der Waals surface area contributed by atoms with E-state index in [0.717, 1.165) is 31.6 Å². The second-order valence-electron chi connectivity index (χ2n) is 6.54. The number of hydrogen-bond donors (Lipinski definition) is 0. The number of amides is 1. The number of likely N-dealkylation sites (tertiary alicyclic amines) is 1. The first-order chi connectivity index (χ1) is 12.3. The highest BCUT2D eigenvalue weighted by molar-refractivity contribution is 5.92. The molecule has 5 heteroatoms. The molecule has 0 unspecified atom stereocenters. The SMILES string of the molecule is O=C(c1cccn1Cc1ccccc1)N1CCC[C@H](n2cccn2)C1. The highest BCUT2D eigenvalue weighted by Gasteiger charge is 2.27. The van der Waals surface area contributed by atoms with Gasteiger partial charge in [-0.15, -0.1) is 0 Å². The van der Waals surface area contributed by atoms with Crippen molar-refractivity contribution < 1.29 is 4.79 Å². The van der Waals surface area contributed by atoms with Gasteiger partial charge in [-0.2, -0.15) is 5.10 Å². The lowest BCUT2D eigenvalue weighted by atomic mass is 10.1. The zero-order valence-electron chi connectivity index (χ0n) is 14.2. The smallest absolute Gasteiger partial charge is 0.270 e. The van der Waals surface area contributed by atoms with E-state index in [1.54, 1.807) is 6.20 Å². The van der Waals surface area contributed by atoms with E-state index >= 15 is 0 Å². The van der Waals surface area contributed by atoms with Gasteiger partial charge in [0.15, 0.2) is 0 Å². The molecule has 1 aliphatic rings. The Balaban J connectivity index is 1.50. The number of nitrogens with zero attached hydrogens (tertiary/aromatic N) is 4. The monoisotopic (exact) mass is 334 g/mol. The number of carbonyl (C=O) groups excluding carboxylic acids is 1.